The lowest BCUT2D eigenvalue weighted by molar-refractivity contribution is 0.0126. The highest BCUT2D eigenvalue weighted by Crippen LogP contribution is 2.31. The van der Waals surface area contributed by atoms with Gasteiger partial charge in [-0.3, -0.25) is 4.90 Å². The van der Waals surface area contributed by atoms with Crippen LogP contribution in [0.15, 0.2) is 24.3 Å². The number of nitrogens with zero attached hydrogens (tertiary/aromatic N) is 1. The monoisotopic (exact) mass is 220 g/mol. The molecule has 0 aliphatic carbocycles. The minimum atomic E-state index is -0.268. The molecule has 3 nitrogen and oxygen atoms in total. The SMILES string of the molecule is CCN1CCCC(O)C1c1cccc(N)c1. The Labute approximate surface area is 96.9 Å². The molecular formula is C13H20N2O. The summed E-state index contributed by atoms with van der Waals surface area (Å²) in [5, 5.41) is 10.1. The molecule has 0 saturated carbocycles. The molecule has 3 N–H and O–H groups in total. The predicted octanol–water partition coefficient (Wildman–Crippen LogP) is 1.79. The second kappa shape index (κ2) is 4.85. The second-order valence-corrected chi connectivity index (χ2v) is 4.45. The minimum Gasteiger partial charge on any atom is -0.399 e. The molecular weight excluding hydrogens is 200 g/mol. The van der Waals surface area contributed by atoms with Gasteiger partial charge in [-0.2, -0.15) is 0 Å². The van der Waals surface area contributed by atoms with E-state index in [1.165, 1.54) is 0 Å². The van der Waals surface area contributed by atoms with Crippen LogP contribution in [0.3, 0.4) is 0 Å². The summed E-state index contributed by atoms with van der Waals surface area (Å²) in [6, 6.07) is 7.98. The molecule has 1 aromatic carbocycles. The number of rotatable bonds is 2. The first-order valence-electron chi connectivity index (χ1n) is 6.00. The summed E-state index contributed by atoms with van der Waals surface area (Å²) in [4.78, 5) is 2.32. The van der Waals surface area contributed by atoms with E-state index in [0.717, 1.165) is 37.2 Å². The van der Waals surface area contributed by atoms with E-state index >= 15 is 0 Å². The quantitative estimate of drug-likeness (QED) is 0.747. The predicted molar refractivity (Wildman–Crippen MR) is 66.1 cm³/mol. The third-order valence-corrected chi connectivity index (χ3v) is 3.36. The number of piperidine rings is 1. The van der Waals surface area contributed by atoms with Crippen LogP contribution >= 0.6 is 0 Å². The summed E-state index contributed by atoms with van der Waals surface area (Å²) in [6.07, 6.45) is 1.69. The van der Waals surface area contributed by atoms with E-state index in [1.54, 1.807) is 0 Å². The summed E-state index contributed by atoms with van der Waals surface area (Å²) in [7, 11) is 0. The zero-order valence-corrected chi connectivity index (χ0v) is 9.76. The van der Waals surface area contributed by atoms with E-state index in [4.69, 9.17) is 5.73 Å². The van der Waals surface area contributed by atoms with Gasteiger partial charge in [0.2, 0.25) is 0 Å². The number of anilines is 1. The van der Waals surface area contributed by atoms with Crippen LogP contribution in [-0.4, -0.2) is 29.2 Å². The van der Waals surface area contributed by atoms with Crippen molar-refractivity contribution >= 4 is 5.69 Å². The van der Waals surface area contributed by atoms with Gasteiger partial charge in [0.25, 0.3) is 0 Å². The molecule has 0 spiro atoms. The Morgan fingerprint density at radius 1 is 1.50 bits per heavy atom. The van der Waals surface area contributed by atoms with Gasteiger partial charge in [0.15, 0.2) is 0 Å². The van der Waals surface area contributed by atoms with Crippen LogP contribution in [0.2, 0.25) is 0 Å². The van der Waals surface area contributed by atoms with Crippen molar-refractivity contribution in [3.8, 4) is 0 Å². The Bertz CT molecular complexity index is 354. The molecule has 88 valence electrons. The van der Waals surface area contributed by atoms with Gasteiger partial charge in [-0.1, -0.05) is 19.1 Å². The average Bonchev–Trinajstić information content (AvgIpc) is 2.28. The largest absolute Gasteiger partial charge is 0.399 e. The van der Waals surface area contributed by atoms with Crippen molar-refractivity contribution in [3.63, 3.8) is 0 Å². The molecule has 1 aliphatic rings. The topological polar surface area (TPSA) is 49.5 Å². The van der Waals surface area contributed by atoms with Crippen molar-refractivity contribution in [1.29, 1.82) is 0 Å². The van der Waals surface area contributed by atoms with Crippen molar-refractivity contribution in [2.75, 3.05) is 18.8 Å². The molecule has 0 radical (unpaired) electrons. The van der Waals surface area contributed by atoms with E-state index in [1.807, 2.05) is 18.2 Å². The Morgan fingerprint density at radius 2 is 2.31 bits per heavy atom. The standard InChI is InChI=1S/C13H20N2O/c1-2-15-8-4-7-12(16)13(15)10-5-3-6-11(14)9-10/h3,5-6,9,12-13,16H,2,4,7-8,14H2,1H3. The maximum atomic E-state index is 10.1. The number of benzene rings is 1. The summed E-state index contributed by atoms with van der Waals surface area (Å²) < 4.78 is 0. The van der Waals surface area contributed by atoms with E-state index in [9.17, 15) is 5.11 Å². The van der Waals surface area contributed by atoms with Gasteiger partial charge >= 0.3 is 0 Å². The fraction of sp³-hybridized carbons (Fsp3) is 0.538. The van der Waals surface area contributed by atoms with Crippen LogP contribution in [0.1, 0.15) is 31.4 Å². The zero-order chi connectivity index (χ0) is 11.5. The normalized spacial score (nSPS) is 26.9. The average molecular weight is 220 g/mol. The Kier molecular flexibility index (Phi) is 3.46. The maximum Gasteiger partial charge on any atom is 0.0737 e. The highest BCUT2D eigenvalue weighted by Gasteiger charge is 2.30. The van der Waals surface area contributed by atoms with Gasteiger partial charge in [0.1, 0.15) is 0 Å². The molecule has 0 amide bonds. The first-order chi connectivity index (χ1) is 7.72. The number of hydrogen-bond donors (Lipinski definition) is 2. The van der Waals surface area contributed by atoms with E-state index in [2.05, 4.69) is 17.9 Å². The number of aliphatic hydroxyl groups is 1. The number of nitrogens with two attached hydrogens (primary N) is 1. The van der Waals surface area contributed by atoms with Crippen molar-refractivity contribution in [2.24, 2.45) is 0 Å². The van der Waals surface area contributed by atoms with Gasteiger partial charge in [-0.25, -0.2) is 0 Å². The molecule has 0 bridgehead atoms. The number of hydrogen-bond acceptors (Lipinski definition) is 3. The molecule has 1 fully saturated rings. The lowest BCUT2D eigenvalue weighted by atomic mass is 9.92. The lowest BCUT2D eigenvalue weighted by Gasteiger charge is -2.38. The highest BCUT2D eigenvalue weighted by molar-refractivity contribution is 5.42. The Balaban J connectivity index is 2.28. The van der Waals surface area contributed by atoms with Crippen molar-refractivity contribution < 1.29 is 5.11 Å². The zero-order valence-electron chi connectivity index (χ0n) is 9.76. The van der Waals surface area contributed by atoms with Crippen LogP contribution in [0, 0.1) is 0 Å². The summed E-state index contributed by atoms with van der Waals surface area (Å²) in [5.74, 6) is 0. The van der Waals surface area contributed by atoms with Crippen molar-refractivity contribution in [1.82, 2.24) is 4.90 Å². The van der Waals surface area contributed by atoms with E-state index in [-0.39, 0.29) is 12.1 Å². The van der Waals surface area contributed by atoms with Gasteiger partial charge in [-0.05, 0) is 43.6 Å². The third-order valence-electron chi connectivity index (χ3n) is 3.36. The number of likely N-dealkylation sites (tertiary alicyclic amines) is 1. The first kappa shape index (κ1) is 11.4. The van der Waals surface area contributed by atoms with Gasteiger partial charge in [0, 0.05) is 5.69 Å². The summed E-state index contributed by atoms with van der Waals surface area (Å²) >= 11 is 0. The fourth-order valence-corrected chi connectivity index (χ4v) is 2.57. The van der Waals surface area contributed by atoms with Crippen LogP contribution in [0.4, 0.5) is 5.69 Å². The van der Waals surface area contributed by atoms with Crippen LogP contribution in [-0.2, 0) is 0 Å². The minimum absolute atomic E-state index is 0.113. The third kappa shape index (κ3) is 2.20. The lowest BCUT2D eigenvalue weighted by Crippen LogP contribution is -2.41. The molecule has 1 aliphatic heterocycles. The molecule has 2 atom stereocenters. The summed E-state index contributed by atoms with van der Waals surface area (Å²) in [5.41, 5.74) is 7.70. The fourth-order valence-electron chi connectivity index (χ4n) is 2.57. The summed E-state index contributed by atoms with van der Waals surface area (Å²) in [6.45, 7) is 4.17. The smallest absolute Gasteiger partial charge is 0.0737 e. The number of likely N-dealkylation sites (N-methyl/N-ethyl adjacent to an activating group) is 1. The first-order valence-corrected chi connectivity index (χ1v) is 6.00. The Hall–Kier alpha value is -1.06. The highest BCUT2D eigenvalue weighted by atomic mass is 16.3. The van der Waals surface area contributed by atoms with Gasteiger partial charge in [-0.15, -0.1) is 0 Å². The number of nitrogen functional groups attached to an aromatic ring is 1. The van der Waals surface area contributed by atoms with Gasteiger partial charge < -0.3 is 10.8 Å². The molecule has 1 heterocycles. The van der Waals surface area contributed by atoms with Crippen molar-refractivity contribution in [2.45, 2.75) is 31.9 Å². The molecule has 1 aromatic rings. The molecule has 1 saturated heterocycles. The maximum absolute atomic E-state index is 10.1. The van der Waals surface area contributed by atoms with E-state index < -0.39 is 0 Å². The molecule has 16 heavy (non-hydrogen) atoms. The Morgan fingerprint density at radius 3 is 3.00 bits per heavy atom. The van der Waals surface area contributed by atoms with E-state index in [0.29, 0.717) is 0 Å². The van der Waals surface area contributed by atoms with Crippen LogP contribution in [0.5, 0.6) is 0 Å². The van der Waals surface area contributed by atoms with Gasteiger partial charge in [0.05, 0.1) is 12.1 Å². The molecule has 3 heteroatoms. The molecule has 2 unspecified atom stereocenters. The number of aliphatic hydroxyl groups excluding tert-OH is 1. The second-order valence-electron chi connectivity index (χ2n) is 4.45. The van der Waals surface area contributed by atoms with Crippen LogP contribution in [0.25, 0.3) is 0 Å². The molecule has 0 aromatic heterocycles. The molecule has 2 rings (SSSR count). The van der Waals surface area contributed by atoms with Crippen molar-refractivity contribution in [3.05, 3.63) is 29.8 Å². The van der Waals surface area contributed by atoms with Crippen LogP contribution < -0.4 is 5.73 Å².